The zero-order valence-electron chi connectivity index (χ0n) is 12.1. The van der Waals surface area contributed by atoms with E-state index in [1.165, 1.54) is 11.3 Å². The van der Waals surface area contributed by atoms with Gasteiger partial charge in [0.1, 0.15) is 0 Å². The van der Waals surface area contributed by atoms with Crippen LogP contribution < -0.4 is 5.32 Å². The molecule has 2 aromatic rings. The van der Waals surface area contributed by atoms with Gasteiger partial charge in [0.25, 0.3) is 0 Å². The Morgan fingerprint density at radius 1 is 1.33 bits per heavy atom. The molecule has 2 N–H and O–H groups in total. The Balaban J connectivity index is 2.25. The molecule has 1 atom stereocenters. The standard InChI is InChI=1S/C15H17BrN2O2S/c1-15(2,3)14-18-11(8-21-14)12(13(19)20)17-10-6-4-9(16)5-7-10/h4-8,12,17H,1-3H3,(H,19,20). The van der Waals surface area contributed by atoms with E-state index in [2.05, 4.69) is 47.0 Å². The average Bonchev–Trinajstić information content (AvgIpc) is 2.87. The summed E-state index contributed by atoms with van der Waals surface area (Å²) in [6.45, 7) is 6.19. The first kappa shape index (κ1) is 16.0. The minimum Gasteiger partial charge on any atom is -0.479 e. The molecule has 1 unspecified atom stereocenters. The number of benzene rings is 1. The van der Waals surface area contributed by atoms with Crippen molar-refractivity contribution in [2.24, 2.45) is 0 Å². The Kier molecular flexibility index (Phi) is 4.68. The smallest absolute Gasteiger partial charge is 0.332 e. The molecule has 6 heteroatoms. The van der Waals surface area contributed by atoms with Gasteiger partial charge in [0.2, 0.25) is 0 Å². The lowest BCUT2D eigenvalue weighted by atomic mass is 9.98. The molecule has 0 saturated carbocycles. The number of hydrogen-bond acceptors (Lipinski definition) is 4. The van der Waals surface area contributed by atoms with E-state index in [1.54, 1.807) is 0 Å². The van der Waals surface area contributed by atoms with Crippen molar-refractivity contribution >= 4 is 38.9 Å². The number of anilines is 1. The van der Waals surface area contributed by atoms with Gasteiger partial charge in [-0.3, -0.25) is 0 Å². The normalized spacial score (nSPS) is 13.0. The van der Waals surface area contributed by atoms with Gasteiger partial charge in [0.05, 0.1) is 10.7 Å². The third-order valence-electron chi connectivity index (χ3n) is 2.86. The Hall–Kier alpha value is -1.40. The van der Waals surface area contributed by atoms with Crippen LogP contribution in [0.1, 0.15) is 37.5 Å². The monoisotopic (exact) mass is 368 g/mol. The maximum Gasteiger partial charge on any atom is 0.332 e. The van der Waals surface area contributed by atoms with Crippen molar-refractivity contribution in [2.45, 2.75) is 32.2 Å². The lowest BCUT2D eigenvalue weighted by molar-refractivity contribution is -0.138. The molecule has 0 saturated heterocycles. The van der Waals surface area contributed by atoms with Crippen LogP contribution in [-0.4, -0.2) is 16.1 Å². The van der Waals surface area contributed by atoms with E-state index in [1.807, 2.05) is 29.6 Å². The molecule has 112 valence electrons. The van der Waals surface area contributed by atoms with Gasteiger partial charge in [0, 0.05) is 21.0 Å². The predicted octanol–water partition coefficient (Wildman–Crippen LogP) is 4.44. The molecular weight excluding hydrogens is 352 g/mol. The van der Waals surface area contributed by atoms with Crippen LogP contribution in [0.4, 0.5) is 5.69 Å². The largest absolute Gasteiger partial charge is 0.479 e. The van der Waals surface area contributed by atoms with Crippen molar-refractivity contribution in [3.8, 4) is 0 Å². The van der Waals surface area contributed by atoms with Crippen LogP contribution in [-0.2, 0) is 10.2 Å². The molecule has 1 heterocycles. The Morgan fingerprint density at radius 2 is 1.95 bits per heavy atom. The number of halogens is 1. The number of nitrogens with zero attached hydrogens (tertiary/aromatic N) is 1. The van der Waals surface area contributed by atoms with Gasteiger partial charge < -0.3 is 10.4 Å². The lowest BCUT2D eigenvalue weighted by Gasteiger charge is -2.16. The Bertz CT molecular complexity index is 632. The fourth-order valence-corrected chi connectivity index (χ4v) is 2.94. The molecule has 0 fully saturated rings. The molecule has 4 nitrogen and oxygen atoms in total. The summed E-state index contributed by atoms with van der Waals surface area (Å²) in [5.41, 5.74) is 1.21. The number of aliphatic carboxylic acids is 1. The first-order valence-electron chi connectivity index (χ1n) is 6.48. The van der Waals surface area contributed by atoms with Crippen molar-refractivity contribution in [1.29, 1.82) is 0 Å². The van der Waals surface area contributed by atoms with Gasteiger partial charge in [-0.2, -0.15) is 0 Å². The number of carbonyl (C=O) groups is 1. The highest BCUT2D eigenvalue weighted by Crippen LogP contribution is 2.29. The number of hydrogen-bond donors (Lipinski definition) is 2. The second-order valence-corrected chi connectivity index (χ2v) is 7.52. The van der Waals surface area contributed by atoms with Crippen molar-refractivity contribution in [3.05, 3.63) is 44.8 Å². The third kappa shape index (κ3) is 4.04. The summed E-state index contributed by atoms with van der Waals surface area (Å²) in [6, 6.07) is 6.54. The minimum atomic E-state index is -0.941. The predicted molar refractivity (Wildman–Crippen MR) is 89.0 cm³/mol. The highest BCUT2D eigenvalue weighted by Gasteiger charge is 2.25. The van der Waals surface area contributed by atoms with E-state index >= 15 is 0 Å². The zero-order chi connectivity index (χ0) is 15.6. The second-order valence-electron chi connectivity index (χ2n) is 5.75. The van der Waals surface area contributed by atoms with Gasteiger partial charge >= 0.3 is 5.97 Å². The SMILES string of the molecule is CC(C)(C)c1nc(C(Nc2ccc(Br)cc2)C(=O)O)cs1. The summed E-state index contributed by atoms with van der Waals surface area (Å²) in [5.74, 6) is -0.941. The van der Waals surface area contributed by atoms with Crippen molar-refractivity contribution in [2.75, 3.05) is 5.32 Å². The summed E-state index contributed by atoms with van der Waals surface area (Å²) in [4.78, 5) is 16.0. The average molecular weight is 369 g/mol. The van der Waals surface area contributed by atoms with E-state index in [0.29, 0.717) is 5.69 Å². The van der Waals surface area contributed by atoms with Crippen LogP contribution in [0.2, 0.25) is 0 Å². The maximum atomic E-state index is 11.5. The summed E-state index contributed by atoms with van der Waals surface area (Å²) in [5, 5.41) is 15.2. The minimum absolute atomic E-state index is 0.0798. The highest BCUT2D eigenvalue weighted by molar-refractivity contribution is 9.10. The summed E-state index contributed by atoms with van der Waals surface area (Å²) in [7, 11) is 0. The molecule has 0 aliphatic rings. The quantitative estimate of drug-likeness (QED) is 0.836. The molecule has 1 aromatic heterocycles. The maximum absolute atomic E-state index is 11.5. The first-order chi connectivity index (χ1) is 9.77. The molecule has 0 amide bonds. The molecule has 0 bridgehead atoms. The molecule has 0 aliphatic heterocycles. The molecule has 0 spiro atoms. The molecule has 0 aliphatic carbocycles. The van der Waals surface area contributed by atoms with Crippen molar-refractivity contribution in [1.82, 2.24) is 4.98 Å². The van der Waals surface area contributed by atoms with Gasteiger partial charge in [-0.05, 0) is 24.3 Å². The summed E-state index contributed by atoms with van der Waals surface area (Å²) in [6.07, 6.45) is 0. The fraction of sp³-hybridized carbons (Fsp3) is 0.333. The van der Waals surface area contributed by atoms with E-state index in [-0.39, 0.29) is 5.41 Å². The van der Waals surface area contributed by atoms with E-state index in [9.17, 15) is 9.90 Å². The zero-order valence-corrected chi connectivity index (χ0v) is 14.5. The van der Waals surface area contributed by atoms with Gasteiger partial charge in [-0.15, -0.1) is 11.3 Å². The fourth-order valence-electron chi connectivity index (χ4n) is 1.74. The second kappa shape index (κ2) is 6.15. The van der Waals surface area contributed by atoms with Crippen molar-refractivity contribution in [3.63, 3.8) is 0 Å². The van der Waals surface area contributed by atoms with E-state index < -0.39 is 12.0 Å². The Labute approximate surface area is 136 Å². The van der Waals surface area contributed by atoms with E-state index in [0.717, 1.165) is 15.2 Å². The Morgan fingerprint density at radius 3 is 2.43 bits per heavy atom. The van der Waals surface area contributed by atoms with Gasteiger partial charge in [-0.1, -0.05) is 36.7 Å². The van der Waals surface area contributed by atoms with Crippen LogP contribution in [0.15, 0.2) is 34.1 Å². The number of carboxylic acids is 1. The molecular formula is C15H17BrN2O2S. The van der Waals surface area contributed by atoms with Crippen molar-refractivity contribution < 1.29 is 9.90 Å². The first-order valence-corrected chi connectivity index (χ1v) is 8.15. The van der Waals surface area contributed by atoms with Crippen LogP contribution in [0, 0.1) is 0 Å². The number of nitrogens with one attached hydrogen (secondary N) is 1. The van der Waals surface area contributed by atoms with E-state index in [4.69, 9.17) is 0 Å². The topological polar surface area (TPSA) is 62.2 Å². The van der Waals surface area contributed by atoms with Crippen LogP contribution in [0.25, 0.3) is 0 Å². The highest BCUT2D eigenvalue weighted by atomic mass is 79.9. The molecule has 0 radical (unpaired) electrons. The summed E-state index contributed by atoms with van der Waals surface area (Å²) < 4.78 is 0.948. The third-order valence-corrected chi connectivity index (χ3v) is 4.68. The lowest BCUT2D eigenvalue weighted by Crippen LogP contribution is -2.21. The van der Waals surface area contributed by atoms with Crippen LogP contribution in [0.5, 0.6) is 0 Å². The molecule has 21 heavy (non-hydrogen) atoms. The van der Waals surface area contributed by atoms with Crippen LogP contribution >= 0.6 is 27.3 Å². The number of carboxylic acid groups (broad SMARTS) is 1. The van der Waals surface area contributed by atoms with Crippen LogP contribution in [0.3, 0.4) is 0 Å². The summed E-state index contributed by atoms with van der Waals surface area (Å²) >= 11 is 4.85. The van der Waals surface area contributed by atoms with Gasteiger partial charge in [-0.25, -0.2) is 9.78 Å². The molecule has 2 rings (SSSR count). The van der Waals surface area contributed by atoms with Gasteiger partial charge in [0.15, 0.2) is 6.04 Å². The number of thiazole rings is 1. The number of rotatable bonds is 4. The molecule has 1 aromatic carbocycles. The number of aromatic nitrogens is 1.